The molecule has 1 N–H and O–H groups in total. The minimum atomic E-state index is -0.286. The quantitative estimate of drug-likeness (QED) is 0.739. The van der Waals surface area contributed by atoms with Crippen LogP contribution in [0, 0.1) is 5.82 Å². The fraction of sp³-hybridized carbons (Fsp3) is 0.0667. The van der Waals surface area contributed by atoms with E-state index in [0.717, 1.165) is 16.5 Å². The predicted molar refractivity (Wildman–Crippen MR) is 69.0 cm³/mol. The molecular formula is C15H12FNO. The number of ether oxygens (including phenoxy) is 1. The molecule has 0 radical (unpaired) electrons. The average molecular weight is 241 g/mol. The van der Waals surface area contributed by atoms with Gasteiger partial charge in [0.15, 0.2) is 0 Å². The van der Waals surface area contributed by atoms with E-state index in [1.165, 1.54) is 12.1 Å². The molecule has 1 heterocycles. The van der Waals surface area contributed by atoms with Gasteiger partial charge in [0.05, 0.1) is 0 Å². The van der Waals surface area contributed by atoms with Crippen molar-refractivity contribution in [3.63, 3.8) is 0 Å². The Morgan fingerprint density at radius 3 is 2.83 bits per heavy atom. The molecule has 0 aliphatic heterocycles. The van der Waals surface area contributed by atoms with Crippen LogP contribution in [0.5, 0.6) is 5.75 Å². The molecule has 3 rings (SSSR count). The second-order valence-corrected chi connectivity index (χ2v) is 4.11. The van der Waals surface area contributed by atoms with Crippen LogP contribution >= 0.6 is 0 Å². The zero-order valence-electron chi connectivity index (χ0n) is 9.69. The Morgan fingerprint density at radius 1 is 1.06 bits per heavy atom. The molecule has 2 nitrogen and oxygen atoms in total. The number of aromatic nitrogens is 1. The predicted octanol–water partition coefficient (Wildman–Crippen LogP) is 3.89. The van der Waals surface area contributed by atoms with Crippen LogP contribution in [0.25, 0.3) is 10.9 Å². The number of hydrogen-bond donors (Lipinski definition) is 1. The van der Waals surface area contributed by atoms with E-state index >= 15 is 0 Å². The molecule has 0 saturated heterocycles. The highest BCUT2D eigenvalue weighted by Crippen LogP contribution is 2.20. The fourth-order valence-electron chi connectivity index (χ4n) is 1.97. The number of H-pyrrole nitrogens is 1. The Bertz CT molecular complexity index is 675. The molecule has 0 unspecified atom stereocenters. The molecule has 0 bridgehead atoms. The van der Waals surface area contributed by atoms with Crippen LogP contribution in [0.15, 0.2) is 54.7 Å². The number of halogens is 1. The summed E-state index contributed by atoms with van der Waals surface area (Å²) in [6.45, 7) is 0.424. The average Bonchev–Trinajstić information content (AvgIpc) is 2.80. The molecule has 0 fully saturated rings. The van der Waals surface area contributed by atoms with E-state index in [1.807, 2.05) is 30.5 Å². The van der Waals surface area contributed by atoms with E-state index in [4.69, 9.17) is 4.74 Å². The standard InChI is InChI=1S/C15H12FNO/c16-12-4-3-5-13(8-12)18-10-11-9-17-15-7-2-1-6-14(11)15/h1-9,17H,10H2. The zero-order chi connectivity index (χ0) is 12.4. The summed E-state index contributed by atoms with van der Waals surface area (Å²) in [5, 5.41) is 1.13. The third kappa shape index (κ3) is 2.07. The number of fused-ring (bicyclic) bond motifs is 1. The molecular weight excluding hydrogens is 229 g/mol. The van der Waals surface area contributed by atoms with Crippen molar-refractivity contribution in [2.24, 2.45) is 0 Å². The Hall–Kier alpha value is -2.29. The van der Waals surface area contributed by atoms with Crippen molar-refractivity contribution >= 4 is 10.9 Å². The van der Waals surface area contributed by atoms with E-state index in [1.54, 1.807) is 12.1 Å². The number of nitrogens with one attached hydrogen (secondary N) is 1. The summed E-state index contributed by atoms with van der Waals surface area (Å²) in [5.41, 5.74) is 2.14. The highest BCUT2D eigenvalue weighted by molar-refractivity contribution is 5.82. The van der Waals surface area contributed by atoms with Crippen LogP contribution in [-0.4, -0.2) is 4.98 Å². The van der Waals surface area contributed by atoms with Gasteiger partial charge in [-0.1, -0.05) is 24.3 Å². The van der Waals surface area contributed by atoms with Gasteiger partial charge in [-0.3, -0.25) is 0 Å². The highest BCUT2D eigenvalue weighted by Gasteiger charge is 2.03. The molecule has 2 aromatic carbocycles. The lowest BCUT2D eigenvalue weighted by atomic mass is 10.2. The molecule has 1 aromatic heterocycles. The summed E-state index contributed by atoms with van der Waals surface area (Å²) >= 11 is 0. The number of para-hydroxylation sites is 1. The van der Waals surface area contributed by atoms with Crippen LogP contribution in [0.3, 0.4) is 0 Å². The van der Waals surface area contributed by atoms with Gasteiger partial charge in [0.2, 0.25) is 0 Å². The van der Waals surface area contributed by atoms with Crippen molar-refractivity contribution in [3.05, 3.63) is 66.1 Å². The van der Waals surface area contributed by atoms with Crippen molar-refractivity contribution in [1.29, 1.82) is 0 Å². The van der Waals surface area contributed by atoms with Crippen molar-refractivity contribution in [3.8, 4) is 5.75 Å². The van der Waals surface area contributed by atoms with Crippen molar-refractivity contribution < 1.29 is 9.13 Å². The zero-order valence-corrected chi connectivity index (χ0v) is 9.69. The molecule has 90 valence electrons. The van der Waals surface area contributed by atoms with E-state index in [-0.39, 0.29) is 5.82 Å². The molecule has 18 heavy (non-hydrogen) atoms. The smallest absolute Gasteiger partial charge is 0.126 e. The third-order valence-electron chi connectivity index (χ3n) is 2.87. The SMILES string of the molecule is Fc1cccc(OCc2c[nH]c3ccccc23)c1. The summed E-state index contributed by atoms with van der Waals surface area (Å²) < 4.78 is 18.6. The third-order valence-corrected chi connectivity index (χ3v) is 2.87. The van der Waals surface area contributed by atoms with Crippen molar-refractivity contribution in [1.82, 2.24) is 4.98 Å². The molecule has 3 heteroatoms. The first-order chi connectivity index (χ1) is 8.83. The second kappa shape index (κ2) is 4.53. The Balaban J connectivity index is 1.81. The van der Waals surface area contributed by atoms with Crippen LogP contribution < -0.4 is 4.74 Å². The molecule has 0 amide bonds. The molecule has 0 aliphatic carbocycles. The maximum atomic E-state index is 13.0. The fourth-order valence-corrected chi connectivity index (χ4v) is 1.97. The minimum absolute atomic E-state index is 0.286. The van der Waals surface area contributed by atoms with Gasteiger partial charge in [0.1, 0.15) is 18.2 Å². The van der Waals surface area contributed by atoms with Crippen LogP contribution in [0.4, 0.5) is 4.39 Å². The van der Waals surface area contributed by atoms with Crippen LogP contribution in [-0.2, 0) is 6.61 Å². The first-order valence-corrected chi connectivity index (χ1v) is 5.76. The second-order valence-electron chi connectivity index (χ2n) is 4.11. The van der Waals surface area contributed by atoms with Crippen molar-refractivity contribution in [2.45, 2.75) is 6.61 Å². The minimum Gasteiger partial charge on any atom is -0.489 e. The lowest BCUT2D eigenvalue weighted by Gasteiger charge is -2.05. The number of benzene rings is 2. The maximum Gasteiger partial charge on any atom is 0.126 e. The largest absolute Gasteiger partial charge is 0.489 e. The molecule has 3 aromatic rings. The summed E-state index contributed by atoms with van der Waals surface area (Å²) in [4.78, 5) is 3.18. The first kappa shape index (κ1) is 10.8. The van der Waals surface area contributed by atoms with Crippen LogP contribution in [0.2, 0.25) is 0 Å². The van der Waals surface area contributed by atoms with Crippen LogP contribution in [0.1, 0.15) is 5.56 Å². The highest BCUT2D eigenvalue weighted by atomic mass is 19.1. The van der Waals surface area contributed by atoms with Gasteiger partial charge in [-0.2, -0.15) is 0 Å². The van der Waals surface area contributed by atoms with Crippen molar-refractivity contribution in [2.75, 3.05) is 0 Å². The van der Waals surface area contributed by atoms with Gasteiger partial charge in [0, 0.05) is 28.7 Å². The van der Waals surface area contributed by atoms with E-state index in [0.29, 0.717) is 12.4 Å². The van der Waals surface area contributed by atoms with Gasteiger partial charge < -0.3 is 9.72 Å². The van der Waals surface area contributed by atoms with Gasteiger partial charge >= 0.3 is 0 Å². The molecule has 0 aliphatic rings. The summed E-state index contributed by atoms with van der Waals surface area (Å²) in [5.74, 6) is 0.256. The molecule has 0 saturated carbocycles. The summed E-state index contributed by atoms with van der Waals surface area (Å²) in [6, 6.07) is 14.2. The first-order valence-electron chi connectivity index (χ1n) is 5.76. The Kier molecular flexibility index (Phi) is 2.73. The maximum absolute atomic E-state index is 13.0. The number of hydrogen-bond acceptors (Lipinski definition) is 1. The topological polar surface area (TPSA) is 25.0 Å². The van der Waals surface area contributed by atoms with E-state index in [2.05, 4.69) is 4.98 Å². The Labute approximate surface area is 104 Å². The van der Waals surface area contributed by atoms with Gasteiger partial charge in [0.25, 0.3) is 0 Å². The summed E-state index contributed by atoms with van der Waals surface area (Å²) in [7, 11) is 0. The Morgan fingerprint density at radius 2 is 1.94 bits per heavy atom. The number of rotatable bonds is 3. The lowest BCUT2D eigenvalue weighted by Crippen LogP contribution is -1.94. The normalized spacial score (nSPS) is 10.7. The van der Waals surface area contributed by atoms with E-state index < -0.39 is 0 Å². The monoisotopic (exact) mass is 241 g/mol. The van der Waals surface area contributed by atoms with E-state index in [9.17, 15) is 4.39 Å². The molecule has 0 spiro atoms. The lowest BCUT2D eigenvalue weighted by molar-refractivity contribution is 0.306. The number of aromatic amines is 1. The van der Waals surface area contributed by atoms with Gasteiger partial charge in [-0.25, -0.2) is 4.39 Å². The summed E-state index contributed by atoms with van der Waals surface area (Å²) in [6.07, 6.45) is 1.92. The van der Waals surface area contributed by atoms with Gasteiger partial charge in [-0.15, -0.1) is 0 Å². The van der Waals surface area contributed by atoms with Gasteiger partial charge in [-0.05, 0) is 18.2 Å². The molecule has 0 atom stereocenters.